The summed E-state index contributed by atoms with van der Waals surface area (Å²) in [5, 5.41) is 0. The van der Waals surface area contributed by atoms with E-state index in [1.165, 1.54) is 36.0 Å². The van der Waals surface area contributed by atoms with Gasteiger partial charge in [0.1, 0.15) is 0 Å². The molecular weight excluding hydrogens is 276 g/mol. The largest absolute Gasteiger partial charge is 0.327 e. The lowest BCUT2D eigenvalue weighted by atomic mass is 9.98. The molecule has 3 heteroatoms. The van der Waals surface area contributed by atoms with E-state index in [0.717, 1.165) is 18.4 Å². The third kappa shape index (κ3) is 2.28. The molecule has 1 saturated heterocycles. The summed E-state index contributed by atoms with van der Waals surface area (Å²) in [6.07, 6.45) is 2.57. The van der Waals surface area contributed by atoms with Crippen molar-refractivity contribution in [3.05, 3.63) is 34.3 Å². The van der Waals surface area contributed by atoms with Crippen LogP contribution in [0.1, 0.15) is 18.4 Å². The summed E-state index contributed by atoms with van der Waals surface area (Å²) in [4.78, 5) is 2.56. The average molecular weight is 295 g/mol. The highest BCUT2D eigenvalue weighted by atomic mass is 79.9. The van der Waals surface area contributed by atoms with E-state index in [2.05, 4.69) is 45.1 Å². The van der Waals surface area contributed by atoms with Gasteiger partial charge < -0.3 is 5.73 Å². The number of nitrogens with two attached hydrogens (primary N) is 1. The SMILES string of the molecule is NC1CCC2CN(Cc3ccccc3Br)CC12. The van der Waals surface area contributed by atoms with Crippen molar-refractivity contribution in [3.63, 3.8) is 0 Å². The molecule has 2 nitrogen and oxygen atoms in total. The first-order valence-corrected chi connectivity index (χ1v) is 7.24. The average Bonchev–Trinajstić information content (AvgIpc) is 2.85. The van der Waals surface area contributed by atoms with Crippen molar-refractivity contribution in [3.8, 4) is 0 Å². The monoisotopic (exact) mass is 294 g/mol. The van der Waals surface area contributed by atoms with E-state index >= 15 is 0 Å². The molecule has 0 amide bonds. The molecule has 2 fully saturated rings. The Kier molecular flexibility index (Phi) is 3.24. The van der Waals surface area contributed by atoms with Gasteiger partial charge in [-0.3, -0.25) is 4.90 Å². The van der Waals surface area contributed by atoms with E-state index in [4.69, 9.17) is 5.73 Å². The van der Waals surface area contributed by atoms with Gasteiger partial charge in [0.05, 0.1) is 0 Å². The summed E-state index contributed by atoms with van der Waals surface area (Å²) in [6.45, 7) is 3.48. The summed E-state index contributed by atoms with van der Waals surface area (Å²) >= 11 is 3.63. The van der Waals surface area contributed by atoms with Crippen LogP contribution >= 0.6 is 15.9 Å². The van der Waals surface area contributed by atoms with Gasteiger partial charge in [-0.25, -0.2) is 0 Å². The third-order valence-electron chi connectivity index (χ3n) is 4.34. The van der Waals surface area contributed by atoms with Gasteiger partial charge in [-0.2, -0.15) is 0 Å². The fourth-order valence-electron chi connectivity index (χ4n) is 3.40. The van der Waals surface area contributed by atoms with E-state index in [0.29, 0.717) is 6.04 Å². The quantitative estimate of drug-likeness (QED) is 0.909. The Hall–Kier alpha value is -0.380. The summed E-state index contributed by atoms with van der Waals surface area (Å²) in [6, 6.07) is 8.96. The van der Waals surface area contributed by atoms with E-state index in [9.17, 15) is 0 Å². The molecule has 1 aliphatic carbocycles. The number of benzene rings is 1. The van der Waals surface area contributed by atoms with Crippen molar-refractivity contribution >= 4 is 15.9 Å². The predicted octanol–water partition coefficient (Wildman–Crippen LogP) is 2.62. The van der Waals surface area contributed by atoms with Crippen LogP contribution in [0.15, 0.2) is 28.7 Å². The summed E-state index contributed by atoms with van der Waals surface area (Å²) < 4.78 is 1.22. The van der Waals surface area contributed by atoms with E-state index in [-0.39, 0.29) is 0 Å². The molecule has 0 bridgehead atoms. The van der Waals surface area contributed by atoms with Crippen molar-refractivity contribution in [1.29, 1.82) is 0 Å². The number of rotatable bonds is 2. The zero-order valence-electron chi connectivity index (χ0n) is 9.98. The molecule has 1 aromatic carbocycles. The molecular formula is C14H19BrN2. The molecule has 17 heavy (non-hydrogen) atoms. The van der Waals surface area contributed by atoms with Gasteiger partial charge in [0.2, 0.25) is 0 Å². The molecule has 1 saturated carbocycles. The minimum Gasteiger partial charge on any atom is -0.327 e. The van der Waals surface area contributed by atoms with Crippen molar-refractivity contribution in [2.24, 2.45) is 17.6 Å². The molecule has 92 valence electrons. The summed E-state index contributed by atoms with van der Waals surface area (Å²) in [7, 11) is 0. The van der Waals surface area contributed by atoms with Gasteiger partial charge in [0, 0.05) is 30.1 Å². The van der Waals surface area contributed by atoms with Gasteiger partial charge in [-0.1, -0.05) is 34.1 Å². The molecule has 0 aromatic heterocycles. The van der Waals surface area contributed by atoms with E-state index in [1.54, 1.807) is 0 Å². The summed E-state index contributed by atoms with van der Waals surface area (Å²) in [5.74, 6) is 1.60. The van der Waals surface area contributed by atoms with Crippen LogP contribution in [0.4, 0.5) is 0 Å². The normalized spacial score (nSPS) is 32.9. The molecule has 2 N–H and O–H groups in total. The fourth-order valence-corrected chi connectivity index (χ4v) is 3.81. The standard InChI is InChI=1S/C14H19BrN2/c15-13-4-2-1-3-11(13)8-17-7-10-5-6-14(16)12(10)9-17/h1-4,10,12,14H,5-9,16H2. The van der Waals surface area contributed by atoms with Gasteiger partial charge >= 0.3 is 0 Å². The Labute approximate surface area is 111 Å². The maximum Gasteiger partial charge on any atom is 0.0245 e. The van der Waals surface area contributed by atoms with Crippen LogP contribution in [-0.4, -0.2) is 24.0 Å². The fraction of sp³-hybridized carbons (Fsp3) is 0.571. The lowest BCUT2D eigenvalue weighted by Gasteiger charge is -2.19. The Balaban J connectivity index is 1.67. The molecule has 1 aliphatic heterocycles. The second-order valence-electron chi connectivity index (χ2n) is 5.45. The number of hydrogen-bond donors (Lipinski definition) is 1. The van der Waals surface area contributed by atoms with Crippen LogP contribution in [-0.2, 0) is 6.54 Å². The zero-order valence-corrected chi connectivity index (χ0v) is 11.6. The zero-order chi connectivity index (χ0) is 11.8. The molecule has 0 radical (unpaired) electrons. The topological polar surface area (TPSA) is 29.3 Å². The first kappa shape index (κ1) is 11.7. The maximum absolute atomic E-state index is 6.17. The van der Waals surface area contributed by atoms with E-state index < -0.39 is 0 Å². The highest BCUT2D eigenvalue weighted by Gasteiger charge is 2.40. The summed E-state index contributed by atoms with van der Waals surface area (Å²) in [5.41, 5.74) is 7.56. The minimum absolute atomic E-state index is 0.448. The van der Waals surface area contributed by atoms with Crippen LogP contribution in [0.25, 0.3) is 0 Å². The highest BCUT2D eigenvalue weighted by Crippen LogP contribution is 2.37. The molecule has 3 atom stereocenters. The van der Waals surface area contributed by atoms with Crippen LogP contribution in [0.2, 0.25) is 0 Å². The number of nitrogens with zero attached hydrogens (tertiary/aromatic N) is 1. The molecule has 2 aliphatic rings. The maximum atomic E-state index is 6.17. The van der Waals surface area contributed by atoms with E-state index in [1.807, 2.05) is 0 Å². The Morgan fingerprint density at radius 3 is 2.82 bits per heavy atom. The van der Waals surface area contributed by atoms with Crippen molar-refractivity contribution < 1.29 is 0 Å². The Bertz CT molecular complexity index is 407. The predicted molar refractivity (Wildman–Crippen MR) is 73.6 cm³/mol. The third-order valence-corrected chi connectivity index (χ3v) is 5.11. The Morgan fingerprint density at radius 2 is 2.06 bits per heavy atom. The van der Waals surface area contributed by atoms with Crippen LogP contribution in [0.3, 0.4) is 0 Å². The van der Waals surface area contributed by atoms with Gasteiger partial charge in [0.15, 0.2) is 0 Å². The van der Waals surface area contributed by atoms with Gasteiger partial charge in [-0.05, 0) is 36.3 Å². The second-order valence-corrected chi connectivity index (χ2v) is 6.30. The Morgan fingerprint density at radius 1 is 1.24 bits per heavy atom. The minimum atomic E-state index is 0.448. The lowest BCUT2D eigenvalue weighted by molar-refractivity contribution is 0.297. The first-order chi connectivity index (χ1) is 8.24. The van der Waals surface area contributed by atoms with Crippen LogP contribution in [0, 0.1) is 11.8 Å². The number of halogens is 1. The van der Waals surface area contributed by atoms with Gasteiger partial charge in [-0.15, -0.1) is 0 Å². The van der Waals surface area contributed by atoms with Gasteiger partial charge in [0.25, 0.3) is 0 Å². The van der Waals surface area contributed by atoms with Crippen LogP contribution in [0.5, 0.6) is 0 Å². The molecule has 3 rings (SSSR count). The number of fused-ring (bicyclic) bond motifs is 1. The molecule has 1 heterocycles. The van der Waals surface area contributed by atoms with Crippen molar-refractivity contribution in [2.45, 2.75) is 25.4 Å². The number of hydrogen-bond acceptors (Lipinski definition) is 2. The number of likely N-dealkylation sites (tertiary alicyclic amines) is 1. The lowest BCUT2D eigenvalue weighted by Crippen LogP contribution is -2.30. The van der Waals surface area contributed by atoms with Crippen molar-refractivity contribution in [2.75, 3.05) is 13.1 Å². The first-order valence-electron chi connectivity index (χ1n) is 6.45. The highest BCUT2D eigenvalue weighted by molar-refractivity contribution is 9.10. The molecule has 3 unspecified atom stereocenters. The molecule has 1 aromatic rings. The second kappa shape index (κ2) is 4.71. The smallest absolute Gasteiger partial charge is 0.0245 e. The van der Waals surface area contributed by atoms with Crippen molar-refractivity contribution in [1.82, 2.24) is 4.90 Å². The van der Waals surface area contributed by atoms with Crippen LogP contribution < -0.4 is 5.73 Å². The molecule has 0 spiro atoms.